The topological polar surface area (TPSA) is 142 Å². The molecule has 1 N–H and O–H groups in total. The van der Waals surface area contributed by atoms with Crippen molar-refractivity contribution in [2.24, 2.45) is 0 Å². The smallest absolute Gasteiger partial charge is 0.350 e. The Morgan fingerprint density at radius 3 is 2.11 bits per heavy atom. The van der Waals surface area contributed by atoms with E-state index in [2.05, 4.69) is 0 Å². The van der Waals surface area contributed by atoms with Gasteiger partial charge >= 0.3 is 11.7 Å². The number of nitrogens with zero attached hydrogens (tertiary/aromatic N) is 2. The van der Waals surface area contributed by atoms with Gasteiger partial charge in [-0.05, 0) is 0 Å². The highest BCUT2D eigenvalue weighted by Gasteiger charge is 2.37. The second kappa shape index (κ2) is 5.16. The number of methoxy groups -OCH3 is 2. The van der Waals surface area contributed by atoms with Crippen LogP contribution >= 0.6 is 0 Å². The zero-order valence-electron chi connectivity index (χ0n) is 9.78. The lowest BCUT2D eigenvalue weighted by atomic mass is 10.1. The predicted molar refractivity (Wildman–Crippen MR) is 59.8 cm³/mol. The third-order valence-corrected chi connectivity index (χ3v) is 2.22. The Kier molecular flexibility index (Phi) is 3.85. The van der Waals surface area contributed by atoms with E-state index in [-0.39, 0.29) is 5.75 Å². The Balaban J connectivity index is 3.89. The van der Waals surface area contributed by atoms with Gasteiger partial charge < -0.3 is 14.6 Å². The molecule has 10 nitrogen and oxygen atoms in total. The van der Waals surface area contributed by atoms with Crippen LogP contribution in [0.1, 0.15) is 10.4 Å². The van der Waals surface area contributed by atoms with Gasteiger partial charge in [-0.1, -0.05) is 0 Å². The van der Waals surface area contributed by atoms with Crippen LogP contribution in [-0.2, 0) is 0 Å². The van der Waals surface area contributed by atoms with E-state index in [4.69, 9.17) is 14.6 Å². The minimum atomic E-state index is -1.81. The molecule has 0 heterocycles. The summed E-state index contributed by atoms with van der Waals surface area (Å²) < 4.78 is 9.43. The summed E-state index contributed by atoms with van der Waals surface area (Å²) in [6.07, 6.45) is 0. The summed E-state index contributed by atoms with van der Waals surface area (Å²) in [6.45, 7) is 0. The van der Waals surface area contributed by atoms with Gasteiger partial charge in [-0.15, -0.1) is 0 Å². The number of rotatable bonds is 5. The largest absolute Gasteiger partial charge is 0.492 e. The third kappa shape index (κ3) is 2.36. The zero-order valence-corrected chi connectivity index (χ0v) is 9.78. The van der Waals surface area contributed by atoms with Crippen LogP contribution in [0.15, 0.2) is 6.07 Å². The van der Waals surface area contributed by atoms with Gasteiger partial charge in [0.2, 0.25) is 11.3 Å². The van der Waals surface area contributed by atoms with Crippen molar-refractivity contribution >= 4 is 17.3 Å². The molecule has 1 rings (SSSR count). The van der Waals surface area contributed by atoms with Crippen LogP contribution in [0.2, 0.25) is 0 Å². The first-order valence-corrected chi connectivity index (χ1v) is 4.66. The van der Waals surface area contributed by atoms with E-state index in [1.165, 1.54) is 0 Å². The van der Waals surface area contributed by atoms with Crippen molar-refractivity contribution in [1.29, 1.82) is 0 Å². The summed E-state index contributed by atoms with van der Waals surface area (Å²) >= 11 is 0. The minimum absolute atomic E-state index is 0.300. The molecule has 0 aliphatic rings. The lowest BCUT2D eigenvalue weighted by Crippen LogP contribution is -2.09. The van der Waals surface area contributed by atoms with Crippen molar-refractivity contribution in [3.63, 3.8) is 0 Å². The third-order valence-electron chi connectivity index (χ3n) is 2.22. The first-order chi connectivity index (χ1) is 8.84. The van der Waals surface area contributed by atoms with Crippen LogP contribution in [0.3, 0.4) is 0 Å². The maximum Gasteiger partial charge on any atom is 0.350 e. The van der Waals surface area contributed by atoms with Gasteiger partial charge in [0.25, 0.3) is 5.69 Å². The average Bonchev–Trinajstić information content (AvgIpc) is 2.35. The summed E-state index contributed by atoms with van der Waals surface area (Å²) in [6, 6.07) is 0.759. The first kappa shape index (κ1) is 14.2. The summed E-state index contributed by atoms with van der Waals surface area (Å²) in [4.78, 5) is 30.6. The van der Waals surface area contributed by atoms with Crippen molar-refractivity contribution in [3.05, 3.63) is 31.9 Å². The second-order valence-electron chi connectivity index (χ2n) is 3.17. The zero-order chi connectivity index (χ0) is 14.7. The molecule has 102 valence electrons. The highest BCUT2D eigenvalue weighted by molar-refractivity contribution is 5.99. The molecule has 0 unspecified atom stereocenters. The van der Waals surface area contributed by atoms with E-state index < -0.39 is 38.5 Å². The molecule has 0 atom stereocenters. The fourth-order valence-electron chi connectivity index (χ4n) is 1.49. The van der Waals surface area contributed by atoms with Gasteiger partial charge in [-0.3, -0.25) is 20.2 Å². The van der Waals surface area contributed by atoms with Crippen LogP contribution in [0, 0.1) is 20.2 Å². The number of carboxylic acids is 1. The summed E-state index contributed by atoms with van der Waals surface area (Å²) in [5, 5.41) is 30.6. The molecular weight excluding hydrogens is 264 g/mol. The van der Waals surface area contributed by atoms with Gasteiger partial charge in [0.1, 0.15) is 0 Å². The average molecular weight is 272 g/mol. The van der Waals surface area contributed by atoms with Gasteiger partial charge in [0.05, 0.1) is 30.1 Å². The van der Waals surface area contributed by atoms with E-state index in [1.807, 2.05) is 0 Å². The number of carboxylic acid groups (broad SMARTS) is 1. The Morgan fingerprint density at radius 2 is 1.79 bits per heavy atom. The Labute approximate surface area is 105 Å². The number of benzene rings is 1. The summed E-state index contributed by atoms with van der Waals surface area (Å²) in [5.74, 6) is -2.60. The van der Waals surface area contributed by atoms with E-state index in [9.17, 15) is 25.0 Å². The Morgan fingerprint density at radius 1 is 1.21 bits per heavy atom. The predicted octanol–water partition coefficient (Wildman–Crippen LogP) is 1.22. The van der Waals surface area contributed by atoms with Crippen molar-refractivity contribution in [1.82, 2.24) is 0 Å². The SMILES string of the molecule is COc1cc([N+](=O)[O-])c(C(=O)O)c([N+](=O)[O-])c1OC. The molecule has 0 bridgehead atoms. The van der Waals surface area contributed by atoms with Gasteiger partial charge in [-0.2, -0.15) is 0 Å². The first-order valence-electron chi connectivity index (χ1n) is 4.66. The normalized spacial score (nSPS) is 9.79. The molecule has 10 heteroatoms. The van der Waals surface area contributed by atoms with E-state index in [1.54, 1.807) is 0 Å². The number of aromatic carboxylic acids is 1. The number of hydrogen-bond acceptors (Lipinski definition) is 7. The molecule has 1 aromatic carbocycles. The van der Waals surface area contributed by atoms with Gasteiger partial charge in [0.15, 0.2) is 5.75 Å². The lowest BCUT2D eigenvalue weighted by molar-refractivity contribution is -0.395. The van der Waals surface area contributed by atoms with Crippen LogP contribution in [0.5, 0.6) is 11.5 Å². The molecule has 0 saturated heterocycles. The maximum atomic E-state index is 11.0. The van der Waals surface area contributed by atoms with E-state index in [0.29, 0.717) is 0 Å². The summed E-state index contributed by atoms with van der Waals surface area (Å²) in [5.41, 5.74) is -3.04. The monoisotopic (exact) mass is 272 g/mol. The molecule has 0 fully saturated rings. The van der Waals surface area contributed by atoms with Crippen molar-refractivity contribution in [3.8, 4) is 11.5 Å². The van der Waals surface area contributed by atoms with E-state index >= 15 is 0 Å². The number of ether oxygens (including phenoxy) is 2. The Bertz CT molecular complexity index is 568. The van der Waals surface area contributed by atoms with Gasteiger partial charge in [0, 0.05) is 0 Å². The molecular formula is C9H8N2O8. The highest BCUT2D eigenvalue weighted by atomic mass is 16.6. The molecule has 0 saturated carbocycles. The van der Waals surface area contributed by atoms with Crippen LogP contribution in [0.4, 0.5) is 11.4 Å². The molecule has 1 aromatic rings. The summed E-state index contributed by atoms with van der Waals surface area (Å²) in [7, 11) is 2.17. The van der Waals surface area contributed by atoms with Crippen LogP contribution in [0.25, 0.3) is 0 Å². The molecule has 19 heavy (non-hydrogen) atoms. The quantitative estimate of drug-likeness (QED) is 0.622. The maximum absolute atomic E-state index is 11.0. The fraction of sp³-hybridized carbons (Fsp3) is 0.222. The van der Waals surface area contributed by atoms with Crippen molar-refractivity contribution in [2.75, 3.05) is 14.2 Å². The van der Waals surface area contributed by atoms with E-state index in [0.717, 1.165) is 20.3 Å². The van der Waals surface area contributed by atoms with Crippen molar-refractivity contribution in [2.45, 2.75) is 0 Å². The molecule has 0 aliphatic heterocycles. The number of nitro groups is 2. The fourth-order valence-corrected chi connectivity index (χ4v) is 1.49. The molecule has 0 aromatic heterocycles. The number of carbonyl (C=O) groups is 1. The molecule has 0 radical (unpaired) electrons. The van der Waals surface area contributed by atoms with Crippen LogP contribution in [-0.4, -0.2) is 35.1 Å². The minimum Gasteiger partial charge on any atom is -0.492 e. The molecule has 0 aliphatic carbocycles. The molecule has 0 amide bonds. The van der Waals surface area contributed by atoms with Crippen LogP contribution < -0.4 is 9.47 Å². The lowest BCUT2D eigenvalue weighted by Gasteiger charge is -2.09. The second-order valence-corrected chi connectivity index (χ2v) is 3.17. The van der Waals surface area contributed by atoms with Crippen molar-refractivity contribution < 1.29 is 29.2 Å². The van der Waals surface area contributed by atoms with Gasteiger partial charge in [-0.25, -0.2) is 4.79 Å². The number of hydrogen-bond donors (Lipinski definition) is 1. The molecule has 0 spiro atoms. The number of nitro benzene ring substituents is 2. The Hall–Kier alpha value is -2.91. The highest BCUT2D eigenvalue weighted by Crippen LogP contribution is 2.44. The standard InChI is InChI=1S/C9H8N2O8/c1-18-5-3-4(10(14)15)6(9(12)13)7(11(16)17)8(5)19-2/h3H,1-2H3,(H,12,13).